The summed E-state index contributed by atoms with van der Waals surface area (Å²) in [6, 6.07) is -0.0451. The third kappa shape index (κ3) is 51.1. The smallest absolute Gasteiger partial charge is 0.222 e. The van der Waals surface area contributed by atoms with Gasteiger partial charge in [-0.1, -0.05) is 41.5 Å². The van der Waals surface area contributed by atoms with Crippen molar-refractivity contribution in [3.8, 4) is 0 Å². The van der Waals surface area contributed by atoms with Gasteiger partial charge in [-0.25, -0.2) is 0 Å². The second kappa shape index (κ2) is 49.0. The van der Waals surface area contributed by atoms with E-state index >= 15 is 0 Å². The molecule has 0 fully saturated rings. The van der Waals surface area contributed by atoms with E-state index in [1.165, 1.54) is 0 Å². The number of ether oxygens (including phenoxy) is 12. The molecule has 0 saturated heterocycles. The van der Waals surface area contributed by atoms with Crippen LogP contribution >= 0.6 is 0 Å². The molecule has 64 heavy (non-hydrogen) atoms. The van der Waals surface area contributed by atoms with E-state index in [0.29, 0.717) is 150 Å². The highest BCUT2D eigenvalue weighted by Gasteiger charge is 2.15. The fraction of sp³-hybridized carbons (Fsp3) is 0.935. The average molecular weight is 926 g/mol. The summed E-state index contributed by atoms with van der Waals surface area (Å²) in [5.41, 5.74) is 0. The van der Waals surface area contributed by atoms with E-state index in [1.54, 1.807) is 0 Å². The van der Waals surface area contributed by atoms with Gasteiger partial charge in [0.15, 0.2) is 0 Å². The van der Waals surface area contributed by atoms with Gasteiger partial charge >= 0.3 is 0 Å². The van der Waals surface area contributed by atoms with Crippen LogP contribution in [0, 0.1) is 11.8 Å². The molecular formula is C46H91N3O15. The number of nitrogens with one attached hydrogen (secondary N) is 3. The van der Waals surface area contributed by atoms with E-state index in [0.717, 1.165) is 32.6 Å². The minimum absolute atomic E-state index is 0.0714. The van der Waals surface area contributed by atoms with Gasteiger partial charge in [0.1, 0.15) is 5.78 Å². The molecule has 1 unspecified atom stereocenters. The van der Waals surface area contributed by atoms with Crippen LogP contribution in [0.25, 0.3) is 0 Å². The number of rotatable bonds is 52. The van der Waals surface area contributed by atoms with Gasteiger partial charge in [-0.05, 0) is 31.1 Å². The van der Waals surface area contributed by atoms with Gasteiger partial charge in [-0.15, -0.1) is 0 Å². The zero-order valence-electron chi connectivity index (χ0n) is 40.8. The van der Waals surface area contributed by atoms with Gasteiger partial charge in [0.2, 0.25) is 11.8 Å². The Balaban J connectivity index is 4.29. The summed E-state index contributed by atoms with van der Waals surface area (Å²) in [6.45, 7) is 24.6. The van der Waals surface area contributed by atoms with E-state index in [4.69, 9.17) is 56.8 Å². The van der Waals surface area contributed by atoms with Gasteiger partial charge in [-0.3, -0.25) is 14.4 Å². The van der Waals surface area contributed by atoms with Crippen LogP contribution in [0.2, 0.25) is 0 Å². The molecule has 0 heterocycles. The monoisotopic (exact) mass is 926 g/mol. The number of ketones is 1. The van der Waals surface area contributed by atoms with Crippen LogP contribution in [0.3, 0.4) is 0 Å². The fourth-order valence-corrected chi connectivity index (χ4v) is 5.15. The van der Waals surface area contributed by atoms with Gasteiger partial charge in [0.05, 0.1) is 145 Å². The quantitative estimate of drug-likeness (QED) is 0.0750. The molecule has 380 valence electrons. The number of carbonyl (C=O) groups excluding carboxylic acids is 3. The highest BCUT2D eigenvalue weighted by Crippen LogP contribution is 2.01. The molecule has 0 rings (SSSR count). The molecule has 0 aromatic heterocycles. The van der Waals surface area contributed by atoms with E-state index in [2.05, 4.69) is 57.5 Å². The Bertz CT molecular complexity index is 977. The third-order valence-corrected chi connectivity index (χ3v) is 8.87. The molecule has 0 aliphatic heterocycles. The van der Waals surface area contributed by atoms with Crippen LogP contribution in [-0.2, 0) is 71.2 Å². The molecular weight excluding hydrogens is 835 g/mol. The first-order valence-corrected chi connectivity index (χ1v) is 23.8. The van der Waals surface area contributed by atoms with Crippen LogP contribution in [-0.4, -0.2) is 201 Å². The van der Waals surface area contributed by atoms with Gasteiger partial charge in [0.25, 0.3) is 0 Å². The Morgan fingerprint density at radius 2 is 0.750 bits per heavy atom. The van der Waals surface area contributed by atoms with Crippen molar-refractivity contribution in [1.82, 2.24) is 16.0 Å². The van der Waals surface area contributed by atoms with Crippen LogP contribution in [0.5, 0.6) is 0 Å². The number of carbonyl (C=O) groups is 3. The molecule has 0 aromatic carbocycles. The zero-order chi connectivity index (χ0) is 47.0. The largest absolute Gasteiger partial charge is 0.379 e. The van der Waals surface area contributed by atoms with Crippen LogP contribution in [0.1, 0.15) is 86.5 Å². The first kappa shape index (κ1) is 62.1. The van der Waals surface area contributed by atoms with Crippen molar-refractivity contribution >= 4 is 17.6 Å². The molecule has 18 heteroatoms. The number of Topliss-reactive ketones (excluding diaryl/α,β-unsaturated/α-hetero) is 1. The Labute approximate surface area is 386 Å². The highest BCUT2D eigenvalue weighted by atomic mass is 16.6. The van der Waals surface area contributed by atoms with Crippen LogP contribution in [0.4, 0.5) is 0 Å². The second-order valence-corrected chi connectivity index (χ2v) is 16.3. The maximum Gasteiger partial charge on any atom is 0.222 e. The van der Waals surface area contributed by atoms with Crippen molar-refractivity contribution in [1.29, 1.82) is 0 Å². The lowest BCUT2D eigenvalue weighted by molar-refractivity contribution is -0.125. The molecule has 1 atom stereocenters. The fourth-order valence-electron chi connectivity index (χ4n) is 5.15. The van der Waals surface area contributed by atoms with E-state index < -0.39 is 6.04 Å². The molecule has 2 amide bonds. The van der Waals surface area contributed by atoms with E-state index in [-0.39, 0.29) is 69.9 Å². The molecule has 0 aliphatic carbocycles. The van der Waals surface area contributed by atoms with Crippen molar-refractivity contribution in [3.63, 3.8) is 0 Å². The summed E-state index contributed by atoms with van der Waals surface area (Å²) in [5, 5.41) is 9.02. The van der Waals surface area contributed by atoms with E-state index in [1.807, 2.05) is 0 Å². The first-order valence-electron chi connectivity index (χ1n) is 23.8. The number of hydrogen-bond acceptors (Lipinski definition) is 16. The SMILES string of the molecule is CC(C)CCOCCOCCOCCCC(=O)CCOCC(COCCC(=O)NCCOCCOCCOCCC(C)C)NC(=O)CCOCCOCCOCCOCCNC(C)C. The lowest BCUT2D eigenvalue weighted by atomic mass is 10.1. The van der Waals surface area contributed by atoms with Crippen molar-refractivity contribution < 1.29 is 71.2 Å². The summed E-state index contributed by atoms with van der Waals surface area (Å²) in [5.74, 6) is 0.913. The van der Waals surface area contributed by atoms with E-state index in [9.17, 15) is 14.4 Å². The van der Waals surface area contributed by atoms with Crippen LogP contribution in [0.15, 0.2) is 0 Å². The van der Waals surface area contributed by atoms with Crippen molar-refractivity contribution in [2.75, 3.05) is 172 Å². The van der Waals surface area contributed by atoms with Crippen molar-refractivity contribution in [2.24, 2.45) is 11.8 Å². The minimum Gasteiger partial charge on any atom is -0.379 e. The zero-order valence-corrected chi connectivity index (χ0v) is 40.8. The molecule has 0 saturated carbocycles. The lowest BCUT2D eigenvalue weighted by Crippen LogP contribution is -2.42. The maximum atomic E-state index is 12.8. The molecule has 0 aromatic rings. The maximum absolute atomic E-state index is 12.8. The van der Waals surface area contributed by atoms with Crippen LogP contribution < -0.4 is 16.0 Å². The van der Waals surface area contributed by atoms with Crippen molar-refractivity contribution in [2.45, 2.75) is 98.6 Å². The molecule has 0 aliphatic rings. The summed E-state index contributed by atoms with van der Waals surface area (Å²) >= 11 is 0. The predicted octanol–water partition coefficient (Wildman–Crippen LogP) is 3.40. The predicted molar refractivity (Wildman–Crippen MR) is 245 cm³/mol. The summed E-state index contributed by atoms with van der Waals surface area (Å²) in [6.07, 6.45) is 3.61. The first-order chi connectivity index (χ1) is 31.1. The topological polar surface area (TPSA) is 198 Å². The summed E-state index contributed by atoms with van der Waals surface area (Å²) in [7, 11) is 0. The average Bonchev–Trinajstić information content (AvgIpc) is 3.25. The Morgan fingerprint density at radius 3 is 1.22 bits per heavy atom. The Morgan fingerprint density at radius 1 is 0.375 bits per heavy atom. The lowest BCUT2D eigenvalue weighted by Gasteiger charge is -2.19. The minimum atomic E-state index is -0.486. The van der Waals surface area contributed by atoms with Gasteiger partial charge in [-0.2, -0.15) is 0 Å². The van der Waals surface area contributed by atoms with Gasteiger partial charge in [0, 0.05) is 64.6 Å². The molecule has 0 radical (unpaired) electrons. The van der Waals surface area contributed by atoms with Gasteiger partial charge < -0.3 is 72.8 Å². The molecule has 18 nitrogen and oxygen atoms in total. The Kier molecular flexibility index (Phi) is 47.5. The number of amides is 2. The second-order valence-electron chi connectivity index (χ2n) is 16.3. The molecule has 3 N–H and O–H groups in total. The Hall–Kier alpha value is -1.91. The normalized spacial score (nSPS) is 12.2. The summed E-state index contributed by atoms with van der Waals surface area (Å²) < 4.78 is 66.8. The standard InChI is InChI=1S/C46H91N3O15/c1-40(2)9-17-54-25-31-59-30-24-53-16-7-8-44(50)11-19-63-38-43(39-64-21-12-45(51)48-15-23-58-29-35-60-32-26-55-18-10-41(3)4)49-46(52)13-20-56-27-33-61-36-37-62-34-28-57-22-14-47-42(5)6/h40-43,47H,7-39H2,1-6H3,(H,48,51)(H,49,52). The highest BCUT2D eigenvalue weighted by molar-refractivity contribution is 5.78. The number of hydrogen-bond donors (Lipinski definition) is 3. The van der Waals surface area contributed by atoms with Crippen molar-refractivity contribution in [3.05, 3.63) is 0 Å². The third-order valence-electron chi connectivity index (χ3n) is 8.87. The molecule has 0 spiro atoms. The summed E-state index contributed by atoms with van der Waals surface area (Å²) in [4.78, 5) is 37.5. The molecule has 0 bridgehead atoms.